The highest BCUT2D eigenvalue weighted by Gasteiger charge is 2.09. The molecular formula is C22H23N3O3. The molecule has 6 nitrogen and oxygen atoms in total. The molecule has 6 heteroatoms. The van der Waals surface area contributed by atoms with Crippen molar-refractivity contribution in [1.29, 1.82) is 0 Å². The fourth-order valence-electron chi connectivity index (χ4n) is 2.94. The highest BCUT2D eigenvalue weighted by atomic mass is 16.5. The number of nitrogen functional groups attached to an aromatic ring is 1. The Bertz CT molecular complexity index is 1030. The van der Waals surface area contributed by atoms with Gasteiger partial charge in [0.25, 0.3) is 5.56 Å². The predicted molar refractivity (Wildman–Crippen MR) is 111 cm³/mol. The summed E-state index contributed by atoms with van der Waals surface area (Å²) >= 11 is 0. The number of hydrogen-bond donors (Lipinski definition) is 2. The molecule has 1 heterocycles. The van der Waals surface area contributed by atoms with Gasteiger partial charge in [-0.2, -0.15) is 0 Å². The minimum Gasteiger partial charge on any atom is -0.497 e. The number of anilines is 2. The molecule has 3 rings (SSSR count). The van der Waals surface area contributed by atoms with E-state index < -0.39 is 0 Å². The zero-order valence-corrected chi connectivity index (χ0v) is 15.7. The lowest BCUT2D eigenvalue weighted by atomic mass is 10.1. The summed E-state index contributed by atoms with van der Waals surface area (Å²) in [4.78, 5) is 24.9. The maximum Gasteiger partial charge on any atom is 0.254 e. The summed E-state index contributed by atoms with van der Waals surface area (Å²) in [6.45, 7) is 0.441. The maximum atomic E-state index is 12.7. The molecule has 0 saturated carbocycles. The molecule has 3 aromatic rings. The molecule has 0 bridgehead atoms. The summed E-state index contributed by atoms with van der Waals surface area (Å²) in [5.41, 5.74) is 8.39. The molecule has 3 N–H and O–H groups in total. The summed E-state index contributed by atoms with van der Waals surface area (Å²) < 4.78 is 6.86. The predicted octanol–water partition coefficient (Wildman–Crippen LogP) is 3.06. The summed E-state index contributed by atoms with van der Waals surface area (Å²) in [6, 6.07) is 18.3. The van der Waals surface area contributed by atoms with Crippen molar-refractivity contribution >= 4 is 17.3 Å². The molecule has 0 fully saturated rings. The fraction of sp³-hybridized carbons (Fsp3) is 0.182. The van der Waals surface area contributed by atoms with Crippen LogP contribution in [0.25, 0.3) is 0 Å². The van der Waals surface area contributed by atoms with E-state index in [9.17, 15) is 9.59 Å². The van der Waals surface area contributed by atoms with Crippen molar-refractivity contribution in [3.05, 3.63) is 88.3 Å². The first kappa shape index (κ1) is 19.2. The van der Waals surface area contributed by atoms with E-state index in [1.165, 1.54) is 0 Å². The molecule has 0 spiro atoms. The first-order chi connectivity index (χ1) is 13.6. The number of carbonyl (C=O) groups is 1. The summed E-state index contributed by atoms with van der Waals surface area (Å²) in [5.74, 6) is 0.569. The third kappa shape index (κ3) is 4.79. The van der Waals surface area contributed by atoms with Crippen LogP contribution in [0, 0.1) is 0 Å². The quantitative estimate of drug-likeness (QED) is 0.620. The summed E-state index contributed by atoms with van der Waals surface area (Å²) in [5, 5.41) is 2.78. The zero-order valence-electron chi connectivity index (χ0n) is 15.7. The van der Waals surface area contributed by atoms with Crippen molar-refractivity contribution in [2.24, 2.45) is 0 Å². The van der Waals surface area contributed by atoms with Crippen LogP contribution in [0.3, 0.4) is 0 Å². The Morgan fingerprint density at radius 2 is 1.93 bits per heavy atom. The van der Waals surface area contributed by atoms with Crippen LogP contribution >= 0.6 is 0 Å². The van der Waals surface area contributed by atoms with Gasteiger partial charge in [-0.05, 0) is 42.3 Å². The zero-order chi connectivity index (χ0) is 19.9. The number of nitrogens with zero attached hydrogens (tertiary/aromatic N) is 1. The first-order valence-electron chi connectivity index (χ1n) is 9.02. The number of rotatable bonds is 7. The van der Waals surface area contributed by atoms with E-state index in [1.807, 2.05) is 30.3 Å². The molecule has 0 aliphatic rings. The van der Waals surface area contributed by atoms with Gasteiger partial charge in [-0.25, -0.2) is 0 Å². The number of hydrogen-bond acceptors (Lipinski definition) is 4. The van der Waals surface area contributed by atoms with Gasteiger partial charge in [0.05, 0.1) is 25.0 Å². The van der Waals surface area contributed by atoms with Gasteiger partial charge in [0.15, 0.2) is 0 Å². The SMILES string of the molecule is COc1cccc(Cn2cccc(CCC(=O)Nc3ccccc3N)c2=O)c1. The van der Waals surface area contributed by atoms with Crippen LogP contribution in [0.1, 0.15) is 17.5 Å². The Hall–Kier alpha value is -3.54. The lowest BCUT2D eigenvalue weighted by Gasteiger charge is -2.10. The molecule has 0 unspecified atom stereocenters. The molecular weight excluding hydrogens is 354 g/mol. The first-order valence-corrected chi connectivity index (χ1v) is 9.02. The van der Waals surface area contributed by atoms with Crippen LogP contribution in [0.15, 0.2) is 71.7 Å². The summed E-state index contributed by atoms with van der Waals surface area (Å²) in [6.07, 6.45) is 2.30. The number of benzene rings is 2. The van der Waals surface area contributed by atoms with Crippen molar-refractivity contribution in [3.63, 3.8) is 0 Å². The number of para-hydroxylation sites is 2. The van der Waals surface area contributed by atoms with E-state index >= 15 is 0 Å². The van der Waals surface area contributed by atoms with Gasteiger partial charge >= 0.3 is 0 Å². The molecule has 1 aromatic heterocycles. The molecule has 144 valence electrons. The Morgan fingerprint density at radius 3 is 2.71 bits per heavy atom. The topological polar surface area (TPSA) is 86.3 Å². The molecule has 28 heavy (non-hydrogen) atoms. The van der Waals surface area contributed by atoms with Gasteiger partial charge in [-0.15, -0.1) is 0 Å². The average Bonchev–Trinajstić information content (AvgIpc) is 2.70. The fourth-order valence-corrected chi connectivity index (χ4v) is 2.94. The van der Waals surface area contributed by atoms with E-state index in [1.54, 1.807) is 48.2 Å². The number of aryl methyl sites for hydroxylation is 1. The third-order valence-electron chi connectivity index (χ3n) is 4.44. The monoisotopic (exact) mass is 377 g/mol. The highest BCUT2D eigenvalue weighted by Crippen LogP contribution is 2.17. The summed E-state index contributed by atoms with van der Waals surface area (Å²) in [7, 11) is 1.61. The Kier molecular flexibility index (Phi) is 6.11. The largest absolute Gasteiger partial charge is 0.497 e. The Labute approximate surface area is 163 Å². The van der Waals surface area contributed by atoms with Crippen molar-refractivity contribution in [1.82, 2.24) is 4.57 Å². The molecule has 1 amide bonds. The second-order valence-corrected chi connectivity index (χ2v) is 6.45. The smallest absolute Gasteiger partial charge is 0.254 e. The molecule has 2 aromatic carbocycles. The minimum atomic E-state index is -0.180. The van der Waals surface area contributed by atoms with Gasteiger partial charge in [-0.3, -0.25) is 9.59 Å². The van der Waals surface area contributed by atoms with Crippen LogP contribution in [0.5, 0.6) is 5.75 Å². The van der Waals surface area contributed by atoms with E-state index in [-0.39, 0.29) is 17.9 Å². The number of methoxy groups -OCH3 is 1. The number of nitrogens with two attached hydrogens (primary N) is 1. The van der Waals surface area contributed by atoms with E-state index in [4.69, 9.17) is 10.5 Å². The number of nitrogens with one attached hydrogen (secondary N) is 1. The number of amides is 1. The number of ether oxygens (including phenoxy) is 1. The third-order valence-corrected chi connectivity index (χ3v) is 4.44. The highest BCUT2D eigenvalue weighted by molar-refractivity contribution is 5.93. The van der Waals surface area contributed by atoms with Gasteiger partial charge in [0.1, 0.15) is 5.75 Å². The van der Waals surface area contributed by atoms with Crippen LogP contribution in [-0.2, 0) is 17.8 Å². The number of carbonyl (C=O) groups excluding carboxylic acids is 1. The average molecular weight is 377 g/mol. The molecule has 0 aliphatic heterocycles. The second kappa shape index (κ2) is 8.90. The Morgan fingerprint density at radius 1 is 1.11 bits per heavy atom. The molecule has 0 saturated heterocycles. The van der Waals surface area contributed by atoms with Crippen molar-refractivity contribution in [2.45, 2.75) is 19.4 Å². The standard InChI is InChI=1S/C22H23N3O3/c1-28-18-8-4-6-16(14-18)15-25-13-5-7-17(22(25)27)11-12-21(26)24-20-10-3-2-9-19(20)23/h2-10,13-14H,11-12,15,23H2,1H3,(H,24,26). The van der Waals surface area contributed by atoms with Gasteiger partial charge in [0.2, 0.25) is 5.91 Å². The lowest BCUT2D eigenvalue weighted by Crippen LogP contribution is -2.24. The van der Waals surface area contributed by atoms with E-state index in [0.29, 0.717) is 29.9 Å². The van der Waals surface area contributed by atoms with Crippen molar-refractivity contribution in [2.75, 3.05) is 18.2 Å². The van der Waals surface area contributed by atoms with Crippen LogP contribution in [0.4, 0.5) is 11.4 Å². The lowest BCUT2D eigenvalue weighted by molar-refractivity contribution is -0.116. The van der Waals surface area contributed by atoms with E-state index in [0.717, 1.165) is 11.3 Å². The van der Waals surface area contributed by atoms with Crippen molar-refractivity contribution in [3.8, 4) is 5.75 Å². The van der Waals surface area contributed by atoms with E-state index in [2.05, 4.69) is 5.32 Å². The van der Waals surface area contributed by atoms with Gasteiger partial charge in [-0.1, -0.05) is 30.3 Å². The number of aromatic nitrogens is 1. The van der Waals surface area contributed by atoms with Crippen LogP contribution in [0.2, 0.25) is 0 Å². The van der Waals surface area contributed by atoms with Crippen LogP contribution in [-0.4, -0.2) is 17.6 Å². The van der Waals surface area contributed by atoms with Gasteiger partial charge < -0.3 is 20.4 Å². The van der Waals surface area contributed by atoms with Crippen LogP contribution < -0.4 is 21.3 Å². The normalized spacial score (nSPS) is 10.5. The van der Waals surface area contributed by atoms with Gasteiger partial charge in [0, 0.05) is 18.2 Å². The number of pyridine rings is 1. The maximum absolute atomic E-state index is 12.7. The van der Waals surface area contributed by atoms with Crippen molar-refractivity contribution < 1.29 is 9.53 Å². The molecule has 0 atom stereocenters. The Balaban J connectivity index is 1.66. The molecule has 0 radical (unpaired) electrons. The molecule has 0 aliphatic carbocycles. The minimum absolute atomic E-state index is 0.0997. The second-order valence-electron chi connectivity index (χ2n) is 6.45.